The van der Waals surface area contributed by atoms with Gasteiger partial charge in [-0.25, -0.2) is 4.98 Å². The molecule has 102 valence electrons. The molecule has 19 heavy (non-hydrogen) atoms. The smallest absolute Gasteiger partial charge is 0.114 e. The van der Waals surface area contributed by atoms with Crippen LogP contribution in [-0.2, 0) is 19.3 Å². The second kappa shape index (κ2) is 6.43. The summed E-state index contributed by atoms with van der Waals surface area (Å²) in [5.74, 6) is 1.66. The molecular formula is C16H22N2S. The third-order valence-electron chi connectivity index (χ3n) is 3.57. The molecule has 0 saturated carbocycles. The number of fused-ring (bicyclic) bond motifs is 1. The predicted molar refractivity (Wildman–Crippen MR) is 80.5 cm³/mol. The molecule has 3 heteroatoms. The molecule has 0 aliphatic heterocycles. The molecular weight excluding hydrogens is 252 g/mol. The van der Waals surface area contributed by atoms with Gasteiger partial charge in [0.2, 0.25) is 0 Å². The van der Waals surface area contributed by atoms with Gasteiger partial charge in [0.1, 0.15) is 11.1 Å². The normalized spacial score (nSPS) is 14.3. The highest BCUT2D eigenvalue weighted by molar-refractivity contribution is 7.99. The van der Waals surface area contributed by atoms with Crippen LogP contribution in [-0.4, -0.2) is 10.7 Å². The molecule has 1 aromatic heterocycles. The van der Waals surface area contributed by atoms with Crippen molar-refractivity contribution in [3.63, 3.8) is 0 Å². The highest BCUT2D eigenvalue weighted by atomic mass is 32.2. The monoisotopic (exact) mass is 274 g/mol. The first-order valence-corrected chi connectivity index (χ1v) is 8.23. The first-order chi connectivity index (χ1) is 9.17. The first-order valence-electron chi connectivity index (χ1n) is 7.24. The Hall–Kier alpha value is -1.01. The second-order valence-corrected chi connectivity index (χ2v) is 6.58. The minimum atomic E-state index is 0.624. The van der Waals surface area contributed by atoms with E-state index in [1.165, 1.54) is 29.7 Å². The molecule has 0 radical (unpaired) electrons. The molecule has 0 N–H and O–H groups in total. The van der Waals surface area contributed by atoms with Gasteiger partial charge in [0, 0.05) is 11.4 Å². The Kier molecular flexibility index (Phi) is 4.87. The van der Waals surface area contributed by atoms with Crippen molar-refractivity contribution in [2.45, 2.75) is 57.9 Å². The van der Waals surface area contributed by atoms with Crippen molar-refractivity contribution >= 4 is 11.8 Å². The van der Waals surface area contributed by atoms with Gasteiger partial charge in [-0.15, -0.1) is 11.8 Å². The number of thioether (sulfide) groups is 1. The summed E-state index contributed by atoms with van der Waals surface area (Å²) < 4.78 is 0. The zero-order valence-corrected chi connectivity index (χ0v) is 12.9. The van der Waals surface area contributed by atoms with Gasteiger partial charge in [0.15, 0.2) is 0 Å². The van der Waals surface area contributed by atoms with E-state index in [1.54, 1.807) is 11.8 Å². The van der Waals surface area contributed by atoms with Crippen molar-refractivity contribution < 1.29 is 0 Å². The molecule has 2 rings (SSSR count). The van der Waals surface area contributed by atoms with Crippen LogP contribution in [0.3, 0.4) is 0 Å². The summed E-state index contributed by atoms with van der Waals surface area (Å²) >= 11 is 1.75. The van der Waals surface area contributed by atoms with E-state index in [2.05, 4.69) is 26.8 Å². The Morgan fingerprint density at radius 2 is 1.95 bits per heavy atom. The Bertz CT molecular complexity index is 500. The van der Waals surface area contributed by atoms with Gasteiger partial charge < -0.3 is 0 Å². The Labute approximate surface area is 120 Å². The van der Waals surface area contributed by atoms with E-state index in [1.807, 2.05) is 0 Å². The average molecular weight is 274 g/mol. The number of nitriles is 1. The van der Waals surface area contributed by atoms with E-state index >= 15 is 0 Å². The predicted octanol–water partition coefficient (Wildman–Crippen LogP) is 4.14. The lowest BCUT2D eigenvalue weighted by atomic mass is 9.87. The number of pyridine rings is 1. The van der Waals surface area contributed by atoms with Crippen LogP contribution in [0.15, 0.2) is 5.03 Å². The van der Waals surface area contributed by atoms with Crippen LogP contribution in [0.1, 0.15) is 56.0 Å². The molecule has 1 aliphatic carbocycles. The molecule has 1 heterocycles. The minimum Gasteiger partial charge on any atom is -0.245 e. The molecule has 0 saturated heterocycles. The van der Waals surface area contributed by atoms with Crippen molar-refractivity contribution in [3.8, 4) is 6.07 Å². The van der Waals surface area contributed by atoms with Crippen molar-refractivity contribution in [1.29, 1.82) is 5.26 Å². The van der Waals surface area contributed by atoms with E-state index in [4.69, 9.17) is 4.98 Å². The third-order valence-corrected chi connectivity index (χ3v) is 4.97. The van der Waals surface area contributed by atoms with Gasteiger partial charge in [-0.05, 0) is 49.1 Å². The van der Waals surface area contributed by atoms with E-state index in [0.717, 1.165) is 35.6 Å². The van der Waals surface area contributed by atoms with Gasteiger partial charge in [0.25, 0.3) is 0 Å². The van der Waals surface area contributed by atoms with Crippen LogP contribution < -0.4 is 0 Å². The first kappa shape index (κ1) is 14.4. The molecule has 0 aromatic carbocycles. The average Bonchev–Trinajstić information content (AvgIpc) is 2.43. The lowest BCUT2D eigenvalue weighted by Gasteiger charge is -2.21. The summed E-state index contributed by atoms with van der Waals surface area (Å²) in [5, 5.41) is 10.5. The van der Waals surface area contributed by atoms with Crippen molar-refractivity contribution in [2.75, 3.05) is 5.75 Å². The Morgan fingerprint density at radius 3 is 2.53 bits per heavy atom. The summed E-state index contributed by atoms with van der Waals surface area (Å²) in [7, 11) is 0. The van der Waals surface area contributed by atoms with Crippen molar-refractivity contribution in [2.24, 2.45) is 5.92 Å². The molecule has 0 fully saturated rings. The number of aryl methyl sites for hydroxylation is 1. The van der Waals surface area contributed by atoms with Crippen LogP contribution in [0, 0.1) is 17.2 Å². The van der Waals surface area contributed by atoms with Gasteiger partial charge in [-0.2, -0.15) is 5.26 Å². The lowest BCUT2D eigenvalue weighted by Crippen LogP contribution is -2.12. The van der Waals surface area contributed by atoms with Crippen LogP contribution in [0.4, 0.5) is 0 Å². The third kappa shape index (κ3) is 3.12. The van der Waals surface area contributed by atoms with Gasteiger partial charge in [0.05, 0.1) is 5.56 Å². The Balaban J connectivity index is 2.45. The summed E-state index contributed by atoms with van der Waals surface area (Å²) in [4.78, 5) is 4.79. The fraction of sp³-hybridized carbons (Fsp3) is 0.625. The summed E-state index contributed by atoms with van der Waals surface area (Å²) in [6.45, 7) is 6.58. The molecule has 1 aromatic rings. The standard InChI is InChI=1S/C16H22N2S/c1-4-15-13-8-6-5-7-12(13)14(9-17)16(18-15)19-10-11(2)3/h11H,4-8,10H2,1-3H3. The maximum atomic E-state index is 9.50. The highest BCUT2D eigenvalue weighted by Gasteiger charge is 2.21. The minimum absolute atomic E-state index is 0.624. The zero-order chi connectivity index (χ0) is 13.8. The maximum Gasteiger partial charge on any atom is 0.114 e. The van der Waals surface area contributed by atoms with Crippen molar-refractivity contribution in [1.82, 2.24) is 4.98 Å². The molecule has 2 nitrogen and oxygen atoms in total. The lowest BCUT2D eigenvalue weighted by molar-refractivity contribution is 0.664. The zero-order valence-electron chi connectivity index (χ0n) is 12.1. The molecule has 0 unspecified atom stereocenters. The molecule has 0 amide bonds. The number of hydrogen-bond acceptors (Lipinski definition) is 3. The Morgan fingerprint density at radius 1 is 1.26 bits per heavy atom. The fourth-order valence-electron chi connectivity index (χ4n) is 2.63. The summed E-state index contributed by atoms with van der Waals surface area (Å²) in [6, 6.07) is 2.42. The van der Waals surface area contributed by atoms with Crippen LogP contribution in [0.5, 0.6) is 0 Å². The van der Waals surface area contributed by atoms with Crippen LogP contribution >= 0.6 is 11.8 Å². The topological polar surface area (TPSA) is 36.7 Å². The van der Waals surface area contributed by atoms with E-state index < -0.39 is 0 Å². The van der Waals surface area contributed by atoms with Crippen molar-refractivity contribution in [3.05, 3.63) is 22.4 Å². The number of aromatic nitrogens is 1. The SMILES string of the molecule is CCc1nc(SCC(C)C)c(C#N)c2c1CCCC2. The van der Waals surface area contributed by atoms with Gasteiger partial charge in [-0.1, -0.05) is 20.8 Å². The number of hydrogen-bond donors (Lipinski definition) is 0. The quantitative estimate of drug-likeness (QED) is 0.774. The van der Waals surface area contributed by atoms with E-state index in [-0.39, 0.29) is 0 Å². The highest BCUT2D eigenvalue weighted by Crippen LogP contribution is 2.33. The summed E-state index contributed by atoms with van der Waals surface area (Å²) in [6.07, 6.45) is 5.59. The van der Waals surface area contributed by atoms with Crippen LogP contribution in [0.25, 0.3) is 0 Å². The second-order valence-electron chi connectivity index (χ2n) is 5.57. The molecule has 0 atom stereocenters. The molecule has 1 aliphatic rings. The van der Waals surface area contributed by atoms with Crippen LogP contribution in [0.2, 0.25) is 0 Å². The number of nitrogens with zero attached hydrogens (tertiary/aromatic N) is 2. The molecule has 0 spiro atoms. The van der Waals surface area contributed by atoms with Gasteiger partial charge >= 0.3 is 0 Å². The molecule has 0 bridgehead atoms. The van der Waals surface area contributed by atoms with Gasteiger partial charge in [-0.3, -0.25) is 0 Å². The maximum absolute atomic E-state index is 9.50. The van der Waals surface area contributed by atoms with E-state index in [9.17, 15) is 5.26 Å². The summed E-state index contributed by atoms with van der Waals surface area (Å²) in [5.41, 5.74) is 4.75. The largest absolute Gasteiger partial charge is 0.245 e. The van der Waals surface area contributed by atoms with E-state index in [0.29, 0.717) is 5.92 Å². The number of rotatable bonds is 4. The fourth-order valence-corrected chi connectivity index (χ4v) is 3.61.